The third kappa shape index (κ3) is 3.99. The molecule has 0 fully saturated rings. The standard InChI is InChI=1S/C21H24N2O3/c1-14-18(19-13-17(26-3)8-9-20(19)23-14)10-11-22-21(24)12-15-4-6-16(25-2)7-5-15/h4-9,13,23H,10-12H2,1-3H3,(H,22,24). The van der Waals surface area contributed by atoms with E-state index in [-0.39, 0.29) is 5.91 Å². The van der Waals surface area contributed by atoms with E-state index in [1.165, 1.54) is 5.56 Å². The topological polar surface area (TPSA) is 63.3 Å². The van der Waals surface area contributed by atoms with Gasteiger partial charge in [-0.2, -0.15) is 0 Å². The fourth-order valence-electron chi connectivity index (χ4n) is 3.13. The summed E-state index contributed by atoms with van der Waals surface area (Å²) in [5.41, 5.74) is 4.39. The van der Waals surface area contributed by atoms with Crippen LogP contribution in [0.2, 0.25) is 0 Å². The average molecular weight is 352 g/mol. The molecule has 2 N–H and O–H groups in total. The predicted octanol–water partition coefficient (Wildman–Crippen LogP) is 3.39. The van der Waals surface area contributed by atoms with Gasteiger partial charge in [-0.3, -0.25) is 4.79 Å². The second-order valence-electron chi connectivity index (χ2n) is 6.26. The smallest absolute Gasteiger partial charge is 0.224 e. The number of hydrogen-bond donors (Lipinski definition) is 2. The molecular weight excluding hydrogens is 328 g/mol. The Bertz CT molecular complexity index is 898. The van der Waals surface area contributed by atoms with Crippen LogP contribution in [0.4, 0.5) is 0 Å². The minimum absolute atomic E-state index is 0.0187. The van der Waals surface area contributed by atoms with E-state index in [2.05, 4.69) is 17.2 Å². The van der Waals surface area contributed by atoms with Crippen LogP contribution in [0, 0.1) is 6.92 Å². The van der Waals surface area contributed by atoms with Crippen LogP contribution in [0.1, 0.15) is 16.8 Å². The fraction of sp³-hybridized carbons (Fsp3) is 0.286. The van der Waals surface area contributed by atoms with E-state index < -0.39 is 0 Å². The van der Waals surface area contributed by atoms with Gasteiger partial charge in [-0.25, -0.2) is 0 Å². The van der Waals surface area contributed by atoms with Crippen LogP contribution >= 0.6 is 0 Å². The largest absolute Gasteiger partial charge is 0.497 e. The molecule has 2 aromatic carbocycles. The molecule has 3 aromatic rings. The molecule has 0 radical (unpaired) electrons. The molecule has 0 aliphatic carbocycles. The number of benzene rings is 2. The molecule has 0 bridgehead atoms. The number of carbonyl (C=O) groups excluding carboxylic acids is 1. The van der Waals surface area contributed by atoms with Gasteiger partial charge in [-0.05, 0) is 54.8 Å². The molecule has 0 spiro atoms. The van der Waals surface area contributed by atoms with E-state index in [0.29, 0.717) is 13.0 Å². The van der Waals surface area contributed by atoms with Crippen LogP contribution in [0.25, 0.3) is 10.9 Å². The molecule has 26 heavy (non-hydrogen) atoms. The van der Waals surface area contributed by atoms with E-state index in [4.69, 9.17) is 9.47 Å². The molecule has 136 valence electrons. The summed E-state index contributed by atoms with van der Waals surface area (Å²) in [4.78, 5) is 15.6. The van der Waals surface area contributed by atoms with E-state index in [1.807, 2.05) is 42.5 Å². The SMILES string of the molecule is COc1ccc(CC(=O)NCCc2c(C)[nH]c3ccc(OC)cc23)cc1. The number of H-pyrrole nitrogens is 1. The Morgan fingerprint density at radius 2 is 1.73 bits per heavy atom. The second kappa shape index (κ2) is 7.95. The zero-order valence-corrected chi connectivity index (χ0v) is 15.4. The average Bonchev–Trinajstić information content (AvgIpc) is 2.97. The van der Waals surface area contributed by atoms with Gasteiger partial charge in [0, 0.05) is 23.1 Å². The molecule has 0 unspecified atom stereocenters. The Hall–Kier alpha value is -2.95. The van der Waals surface area contributed by atoms with Gasteiger partial charge in [0.2, 0.25) is 5.91 Å². The van der Waals surface area contributed by atoms with E-state index >= 15 is 0 Å². The fourth-order valence-corrected chi connectivity index (χ4v) is 3.13. The number of amides is 1. The van der Waals surface area contributed by atoms with Gasteiger partial charge in [0.1, 0.15) is 11.5 Å². The van der Waals surface area contributed by atoms with Crippen LogP contribution in [0.3, 0.4) is 0 Å². The lowest BCUT2D eigenvalue weighted by Crippen LogP contribution is -2.27. The summed E-state index contributed by atoms with van der Waals surface area (Å²) in [7, 11) is 3.30. The number of ether oxygens (including phenoxy) is 2. The van der Waals surface area contributed by atoms with Crippen molar-refractivity contribution in [2.75, 3.05) is 20.8 Å². The number of aromatic amines is 1. The van der Waals surface area contributed by atoms with Crippen LogP contribution < -0.4 is 14.8 Å². The highest BCUT2D eigenvalue weighted by atomic mass is 16.5. The first-order chi connectivity index (χ1) is 12.6. The Morgan fingerprint density at radius 1 is 1.04 bits per heavy atom. The quantitative estimate of drug-likeness (QED) is 0.685. The number of carbonyl (C=O) groups is 1. The summed E-state index contributed by atoms with van der Waals surface area (Å²) in [6, 6.07) is 13.6. The zero-order valence-electron chi connectivity index (χ0n) is 15.4. The number of rotatable bonds is 7. The molecule has 0 aliphatic rings. The van der Waals surface area contributed by atoms with Crippen molar-refractivity contribution in [2.45, 2.75) is 19.8 Å². The lowest BCUT2D eigenvalue weighted by atomic mass is 10.1. The van der Waals surface area contributed by atoms with Crippen molar-refractivity contribution in [3.8, 4) is 11.5 Å². The summed E-state index contributed by atoms with van der Waals surface area (Å²) in [6.45, 7) is 2.65. The van der Waals surface area contributed by atoms with Crippen LogP contribution in [-0.4, -0.2) is 31.7 Å². The molecule has 0 saturated carbocycles. The number of methoxy groups -OCH3 is 2. The monoisotopic (exact) mass is 352 g/mol. The molecule has 5 heteroatoms. The van der Waals surface area contributed by atoms with Crippen molar-refractivity contribution in [3.63, 3.8) is 0 Å². The van der Waals surface area contributed by atoms with E-state index in [0.717, 1.165) is 40.1 Å². The number of nitrogens with one attached hydrogen (secondary N) is 2. The third-order valence-electron chi connectivity index (χ3n) is 4.55. The van der Waals surface area contributed by atoms with Crippen molar-refractivity contribution >= 4 is 16.8 Å². The molecule has 3 rings (SSSR count). The van der Waals surface area contributed by atoms with Gasteiger partial charge in [0.05, 0.1) is 20.6 Å². The lowest BCUT2D eigenvalue weighted by molar-refractivity contribution is -0.120. The molecule has 0 saturated heterocycles. The number of aryl methyl sites for hydroxylation is 1. The number of aromatic nitrogens is 1. The highest BCUT2D eigenvalue weighted by Crippen LogP contribution is 2.26. The van der Waals surface area contributed by atoms with Crippen molar-refractivity contribution in [1.29, 1.82) is 0 Å². The van der Waals surface area contributed by atoms with E-state index in [1.54, 1.807) is 14.2 Å². The Morgan fingerprint density at radius 3 is 2.42 bits per heavy atom. The van der Waals surface area contributed by atoms with Gasteiger partial charge >= 0.3 is 0 Å². The van der Waals surface area contributed by atoms with Gasteiger partial charge in [-0.15, -0.1) is 0 Å². The molecule has 0 atom stereocenters. The lowest BCUT2D eigenvalue weighted by Gasteiger charge is -2.07. The first kappa shape index (κ1) is 17.9. The maximum Gasteiger partial charge on any atom is 0.224 e. The molecule has 0 aliphatic heterocycles. The summed E-state index contributed by atoms with van der Waals surface area (Å²) in [6.07, 6.45) is 1.14. The van der Waals surface area contributed by atoms with Crippen LogP contribution in [0.5, 0.6) is 11.5 Å². The minimum Gasteiger partial charge on any atom is -0.497 e. The highest BCUT2D eigenvalue weighted by molar-refractivity contribution is 5.86. The van der Waals surface area contributed by atoms with Crippen LogP contribution in [0.15, 0.2) is 42.5 Å². The number of fused-ring (bicyclic) bond motifs is 1. The van der Waals surface area contributed by atoms with Gasteiger partial charge in [-0.1, -0.05) is 12.1 Å². The second-order valence-corrected chi connectivity index (χ2v) is 6.26. The Labute approximate surface area is 153 Å². The normalized spacial score (nSPS) is 10.7. The van der Waals surface area contributed by atoms with Crippen molar-refractivity contribution < 1.29 is 14.3 Å². The summed E-state index contributed by atoms with van der Waals surface area (Å²) in [5.74, 6) is 1.64. The summed E-state index contributed by atoms with van der Waals surface area (Å²) in [5, 5.41) is 4.15. The minimum atomic E-state index is 0.0187. The maximum atomic E-state index is 12.2. The third-order valence-corrected chi connectivity index (χ3v) is 4.55. The first-order valence-electron chi connectivity index (χ1n) is 8.65. The van der Waals surface area contributed by atoms with Crippen molar-refractivity contribution in [2.24, 2.45) is 0 Å². The summed E-state index contributed by atoms with van der Waals surface area (Å²) >= 11 is 0. The first-order valence-corrected chi connectivity index (χ1v) is 8.65. The zero-order chi connectivity index (χ0) is 18.5. The molecule has 1 amide bonds. The molecule has 5 nitrogen and oxygen atoms in total. The van der Waals surface area contributed by atoms with Gasteiger partial charge < -0.3 is 19.8 Å². The number of hydrogen-bond acceptors (Lipinski definition) is 3. The maximum absolute atomic E-state index is 12.2. The Balaban J connectivity index is 1.59. The van der Waals surface area contributed by atoms with E-state index in [9.17, 15) is 4.79 Å². The van der Waals surface area contributed by atoms with Crippen molar-refractivity contribution in [3.05, 3.63) is 59.3 Å². The Kier molecular flexibility index (Phi) is 5.46. The molecular formula is C21H24N2O3. The van der Waals surface area contributed by atoms with Crippen molar-refractivity contribution in [1.82, 2.24) is 10.3 Å². The predicted molar refractivity (Wildman–Crippen MR) is 103 cm³/mol. The van der Waals surface area contributed by atoms with Gasteiger partial charge in [0.15, 0.2) is 0 Å². The molecule has 1 heterocycles. The van der Waals surface area contributed by atoms with Gasteiger partial charge in [0.25, 0.3) is 0 Å². The summed E-state index contributed by atoms with van der Waals surface area (Å²) < 4.78 is 10.5. The molecule has 1 aromatic heterocycles. The highest BCUT2D eigenvalue weighted by Gasteiger charge is 2.10. The van der Waals surface area contributed by atoms with Crippen LogP contribution in [-0.2, 0) is 17.6 Å².